The number of aliphatic hydroxyl groups excluding tert-OH is 1. The molecule has 3 nitrogen and oxygen atoms in total. The zero-order valence-electron chi connectivity index (χ0n) is 13.5. The molecule has 0 radical (unpaired) electrons. The van der Waals surface area contributed by atoms with E-state index in [-0.39, 0.29) is 25.1 Å². The molecule has 0 fully saturated rings. The van der Waals surface area contributed by atoms with Crippen LogP contribution in [0.25, 0.3) is 0 Å². The SMILES string of the molecule is CCC(CO)NCc1cc(Br)c(OCc2ccccc2)c(Br)c1.Cl. The molecular weight excluding hydrogens is 457 g/mol. The first-order valence-corrected chi connectivity index (χ1v) is 9.21. The smallest absolute Gasteiger partial charge is 0.148 e. The Balaban J connectivity index is 0.00000288. The molecule has 0 aliphatic carbocycles. The maximum absolute atomic E-state index is 9.23. The van der Waals surface area contributed by atoms with E-state index < -0.39 is 0 Å². The molecule has 132 valence electrons. The third-order valence-electron chi connectivity index (χ3n) is 3.59. The van der Waals surface area contributed by atoms with Crippen molar-refractivity contribution in [2.45, 2.75) is 32.5 Å². The minimum Gasteiger partial charge on any atom is -0.487 e. The van der Waals surface area contributed by atoms with Gasteiger partial charge in [-0.05, 0) is 61.5 Å². The summed E-state index contributed by atoms with van der Waals surface area (Å²) in [7, 11) is 0. The normalized spacial score (nSPS) is 11.7. The topological polar surface area (TPSA) is 41.5 Å². The van der Waals surface area contributed by atoms with E-state index in [9.17, 15) is 5.11 Å². The fourth-order valence-electron chi connectivity index (χ4n) is 2.18. The molecule has 1 unspecified atom stereocenters. The predicted molar refractivity (Wildman–Crippen MR) is 108 cm³/mol. The number of benzene rings is 2. The highest BCUT2D eigenvalue weighted by Crippen LogP contribution is 2.35. The van der Waals surface area contributed by atoms with Crippen LogP contribution in [0.3, 0.4) is 0 Å². The van der Waals surface area contributed by atoms with Crippen molar-refractivity contribution in [3.63, 3.8) is 0 Å². The van der Waals surface area contributed by atoms with Gasteiger partial charge in [0.2, 0.25) is 0 Å². The summed E-state index contributed by atoms with van der Waals surface area (Å²) in [6.45, 7) is 3.44. The lowest BCUT2D eigenvalue weighted by Gasteiger charge is -2.16. The molecule has 2 aromatic carbocycles. The largest absolute Gasteiger partial charge is 0.487 e. The molecule has 0 heterocycles. The average Bonchev–Trinajstić information content (AvgIpc) is 2.56. The van der Waals surface area contributed by atoms with Crippen molar-refractivity contribution in [2.75, 3.05) is 6.61 Å². The number of nitrogens with one attached hydrogen (secondary N) is 1. The van der Waals surface area contributed by atoms with Crippen LogP contribution >= 0.6 is 44.3 Å². The standard InChI is InChI=1S/C18H21Br2NO2.ClH/c1-2-15(11-22)21-10-14-8-16(19)18(17(20)9-14)23-12-13-6-4-3-5-7-13;/h3-9,15,21-22H,2,10-12H2,1H3;1H. The summed E-state index contributed by atoms with van der Waals surface area (Å²) in [6, 6.07) is 14.3. The lowest BCUT2D eigenvalue weighted by molar-refractivity contribution is 0.238. The number of rotatable bonds is 8. The Labute approximate surface area is 166 Å². The van der Waals surface area contributed by atoms with Gasteiger partial charge in [0.05, 0.1) is 15.6 Å². The van der Waals surface area contributed by atoms with E-state index in [1.54, 1.807) is 0 Å². The molecule has 2 rings (SSSR count). The van der Waals surface area contributed by atoms with Gasteiger partial charge in [-0.25, -0.2) is 0 Å². The molecule has 0 aliphatic heterocycles. The zero-order chi connectivity index (χ0) is 16.7. The van der Waals surface area contributed by atoms with E-state index in [0.717, 1.165) is 32.2 Å². The van der Waals surface area contributed by atoms with Gasteiger partial charge in [-0.3, -0.25) is 0 Å². The molecule has 6 heteroatoms. The maximum atomic E-state index is 9.23. The number of hydrogen-bond donors (Lipinski definition) is 2. The Hall–Kier alpha value is -0.590. The molecule has 24 heavy (non-hydrogen) atoms. The van der Waals surface area contributed by atoms with Crippen molar-refractivity contribution in [1.29, 1.82) is 0 Å². The van der Waals surface area contributed by atoms with Crippen LogP contribution in [0.1, 0.15) is 24.5 Å². The number of hydrogen-bond acceptors (Lipinski definition) is 3. The quantitative estimate of drug-likeness (QED) is 0.555. The highest BCUT2D eigenvalue weighted by atomic mass is 79.9. The Kier molecular flexibility index (Phi) is 9.93. The van der Waals surface area contributed by atoms with Crippen LogP contribution in [0, 0.1) is 0 Å². The van der Waals surface area contributed by atoms with Crippen LogP contribution < -0.4 is 10.1 Å². The van der Waals surface area contributed by atoms with Gasteiger partial charge >= 0.3 is 0 Å². The summed E-state index contributed by atoms with van der Waals surface area (Å²) < 4.78 is 7.75. The molecule has 0 aromatic heterocycles. The first-order valence-electron chi connectivity index (χ1n) is 7.63. The zero-order valence-corrected chi connectivity index (χ0v) is 17.5. The van der Waals surface area contributed by atoms with E-state index in [1.807, 2.05) is 42.5 Å². The van der Waals surface area contributed by atoms with Gasteiger partial charge in [-0.2, -0.15) is 0 Å². The Bertz CT molecular complexity index is 599. The van der Waals surface area contributed by atoms with Crippen LogP contribution in [0.15, 0.2) is 51.4 Å². The van der Waals surface area contributed by atoms with Crippen LogP contribution in [0.4, 0.5) is 0 Å². The second-order valence-electron chi connectivity index (χ2n) is 5.33. The van der Waals surface area contributed by atoms with Gasteiger partial charge < -0.3 is 15.2 Å². The van der Waals surface area contributed by atoms with Gasteiger partial charge in [-0.1, -0.05) is 37.3 Å². The second kappa shape index (κ2) is 11.1. The van der Waals surface area contributed by atoms with Gasteiger partial charge in [0.25, 0.3) is 0 Å². The third kappa shape index (κ3) is 6.37. The first kappa shape index (κ1) is 21.5. The van der Waals surface area contributed by atoms with Crippen LogP contribution in [0.2, 0.25) is 0 Å². The third-order valence-corrected chi connectivity index (χ3v) is 4.77. The molecule has 0 saturated carbocycles. The summed E-state index contributed by atoms with van der Waals surface area (Å²) in [5.74, 6) is 0.798. The molecule has 2 aromatic rings. The van der Waals surface area contributed by atoms with Gasteiger partial charge in [0.15, 0.2) is 0 Å². The molecule has 0 saturated heterocycles. The lowest BCUT2D eigenvalue weighted by atomic mass is 10.2. The van der Waals surface area contributed by atoms with Crippen molar-refractivity contribution >= 4 is 44.3 Å². The van der Waals surface area contributed by atoms with Gasteiger partial charge in [0, 0.05) is 12.6 Å². The molecular formula is C18H22Br2ClNO2. The van der Waals surface area contributed by atoms with Crippen molar-refractivity contribution in [3.8, 4) is 5.75 Å². The molecule has 0 aliphatic rings. The minimum absolute atomic E-state index is 0. The molecule has 2 N–H and O–H groups in total. The second-order valence-corrected chi connectivity index (χ2v) is 7.04. The molecule has 0 bridgehead atoms. The molecule has 1 atom stereocenters. The van der Waals surface area contributed by atoms with Crippen molar-refractivity contribution in [2.24, 2.45) is 0 Å². The monoisotopic (exact) mass is 477 g/mol. The van der Waals surface area contributed by atoms with E-state index >= 15 is 0 Å². The Morgan fingerprint density at radius 3 is 2.25 bits per heavy atom. The van der Waals surface area contributed by atoms with Crippen molar-refractivity contribution in [1.82, 2.24) is 5.32 Å². The van der Waals surface area contributed by atoms with E-state index in [0.29, 0.717) is 13.2 Å². The van der Waals surface area contributed by atoms with Gasteiger partial charge in [0.1, 0.15) is 12.4 Å². The summed E-state index contributed by atoms with van der Waals surface area (Å²) in [4.78, 5) is 0. The fourth-order valence-corrected chi connectivity index (χ4v) is 3.69. The summed E-state index contributed by atoms with van der Waals surface area (Å²) in [6.07, 6.45) is 0.900. The van der Waals surface area contributed by atoms with E-state index in [1.165, 1.54) is 0 Å². The summed E-state index contributed by atoms with van der Waals surface area (Å²) >= 11 is 7.16. The summed E-state index contributed by atoms with van der Waals surface area (Å²) in [5.41, 5.74) is 2.26. The maximum Gasteiger partial charge on any atom is 0.148 e. The minimum atomic E-state index is 0. The Morgan fingerprint density at radius 1 is 1.08 bits per heavy atom. The highest BCUT2D eigenvalue weighted by molar-refractivity contribution is 9.11. The predicted octanol–water partition coefficient (Wildman–Crippen LogP) is 5.07. The van der Waals surface area contributed by atoms with Crippen LogP contribution in [-0.4, -0.2) is 17.8 Å². The van der Waals surface area contributed by atoms with Crippen LogP contribution in [-0.2, 0) is 13.2 Å². The summed E-state index contributed by atoms with van der Waals surface area (Å²) in [5, 5.41) is 12.6. The number of halogens is 3. The van der Waals surface area contributed by atoms with Crippen molar-refractivity contribution < 1.29 is 9.84 Å². The number of aliphatic hydroxyl groups is 1. The average molecular weight is 480 g/mol. The molecule has 0 spiro atoms. The fraction of sp³-hybridized carbons (Fsp3) is 0.333. The van der Waals surface area contributed by atoms with E-state index in [4.69, 9.17) is 4.74 Å². The molecule has 0 amide bonds. The van der Waals surface area contributed by atoms with Crippen LogP contribution in [0.5, 0.6) is 5.75 Å². The Morgan fingerprint density at radius 2 is 1.71 bits per heavy atom. The lowest BCUT2D eigenvalue weighted by Crippen LogP contribution is -2.31. The number of ether oxygens (including phenoxy) is 1. The first-order chi connectivity index (χ1) is 11.1. The highest BCUT2D eigenvalue weighted by Gasteiger charge is 2.11. The van der Waals surface area contributed by atoms with Crippen molar-refractivity contribution in [3.05, 3.63) is 62.5 Å². The van der Waals surface area contributed by atoms with E-state index in [2.05, 4.69) is 44.1 Å². The van der Waals surface area contributed by atoms with Gasteiger partial charge in [-0.15, -0.1) is 12.4 Å².